The summed E-state index contributed by atoms with van der Waals surface area (Å²) < 4.78 is 10.4. The number of hydrogen-bond donors (Lipinski definition) is 2. The average molecular weight is 343 g/mol. The van der Waals surface area contributed by atoms with Crippen LogP contribution in [0, 0.1) is 6.92 Å². The Hall–Kier alpha value is -1.50. The number of aliphatic carboxylic acids is 1. The Morgan fingerprint density at radius 1 is 1.38 bits per heavy atom. The standard InChI is InChI=1S/C17H20O6.Na/c1-9(5-7-13(18)19)4-6-11-15(20)14-12(8-23-17(14)21)10(2)16(11)22-3;/h4,20H,5-8H2,1-3H3,(H,18,19);/q;+1/b9-4+;. The van der Waals surface area contributed by atoms with Gasteiger partial charge in [0.1, 0.15) is 23.7 Å². The van der Waals surface area contributed by atoms with Gasteiger partial charge in [-0.2, -0.15) is 0 Å². The van der Waals surface area contributed by atoms with Gasteiger partial charge in [-0.3, -0.25) is 4.79 Å². The minimum atomic E-state index is -0.853. The van der Waals surface area contributed by atoms with Gasteiger partial charge in [-0.25, -0.2) is 4.79 Å². The van der Waals surface area contributed by atoms with Gasteiger partial charge in [0.15, 0.2) is 0 Å². The second kappa shape index (κ2) is 8.55. The van der Waals surface area contributed by atoms with E-state index in [4.69, 9.17) is 14.6 Å². The van der Waals surface area contributed by atoms with E-state index in [0.29, 0.717) is 29.7 Å². The number of fused-ring (bicyclic) bond motifs is 1. The van der Waals surface area contributed by atoms with Crippen LogP contribution >= 0.6 is 0 Å². The Balaban J connectivity index is 0.00000288. The Kier molecular flexibility index (Phi) is 7.32. The summed E-state index contributed by atoms with van der Waals surface area (Å²) in [6.45, 7) is 3.79. The van der Waals surface area contributed by atoms with E-state index in [0.717, 1.165) is 11.1 Å². The molecule has 0 radical (unpaired) electrons. The third-order valence-corrected chi connectivity index (χ3v) is 4.04. The van der Waals surface area contributed by atoms with E-state index < -0.39 is 11.9 Å². The number of aromatic hydroxyl groups is 1. The SMILES string of the molecule is COc1c(C)c2c(c(O)c1C/C=C(\C)CCC(=O)O)C(=O)OC2.[Na+]. The van der Waals surface area contributed by atoms with Crippen molar-refractivity contribution >= 4 is 11.9 Å². The first-order valence-electron chi connectivity index (χ1n) is 7.32. The summed E-state index contributed by atoms with van der Waals surface area (Å²) in [6, 6.07) is 0. The number of phenols is 1. The van der Waals surface area contributed by atoms with Gasteiger partial charge in [0.2, 0.25) is 0 Å². The minimum Gasteiger partial charge on any atom is -0.507 e. The number of carboxylic acid groups (broad SMARTS) is 1. The van der Waals surface area contributed by atoms with Crippen LogP contribution < -0.4 is 34.3 Å². The molecule has 0 bridgehead atoms. The number of benzene rings is 1. The van der Waals surface area contributed by atoms with E-state index in [1.165, 1.54) is 7.11 Å². The zero-order valence-electron chi connectivity index (χ0n) is 14.4. The first-order chi connectivity index (χ1) is 10.9. The Labute approximate surface area is 162 Å². The molecule has 1 aromatic carbocycles. The van der Waals surface area contributed by atoms with Crippen LogP contribution in [0.5, 0.6) is 11.5 Å². The summed E-state index contributed by atoms with van der Waals surface area (Å²) in [5, 5.41) is 19.1. The normalized spacial score (nSPS) is 13.1. The van der Waals surface area contributed by atoms with Crippen LogP contribution in [-0.4, -0.2) is 29.3 Å². The molecular weight excluding hydrogens is 323 g/mol. The fourth-order valence-corrected chi connectivity index (χ4v) is 2.71. The van der Waals surface area contributed by atoms with Crippen LogP contribution in [0.4, 0.5) is 0 Å². The summed E-state index contributed by atoms with van der Waals surface area (Å²) in [6.07, 6.45) is 2.68. The topological polar surface area (TPSA) is 93.1 Å². The molecule has 1 aliphatic rings. The summed E-state index contributed by atoms with van der Waals surface area (Å²) in [4.78, 5) is 22.4. The number of carbonyl (C=O) groups excluding carboxylic acids is 1. The Morgan fingerprint density at radius 2 is 2.04 bits per heavy atom. The van der Waals surface area contributed by atoms with Crippen LogP contribution in [0.3, 0.4) is 0 Å². The zero-order chi connectivity index (χ0) is 17.1. The fourth-order valence-electron chi connectivity index (χ4n) is 2.71. The second-order valence-electron chi connectivity index (χ2n) is 5.56. The van der Waals surface area contributed by atoms with Gasteiger partial charge >= 0.3 is 41.5 Å². The van der Waals surface area contributed by atoms with Crippen molar-refractivity contribution in [3.63, 3.8) is 0 Å². The second-order valence-corrected chi connectivity index (χ2v) is 5.56. The molecule has 24 heavy (non-hydrogen) atoms. The molecule has 1 heterocycles. The molecule has 0 fully saturated rings. The molecule has 2 N–H and O–H groups in total. The smallest absolute Gasteiger partial charge is 0.507 e. The molecule has 2 rings (SSSR count). The van der Waals surface area contributed by atoms with Crippen LogP contribution in [0.25, 0.3) is 0 Å². The van der Waals surface area contributed by atoms with Crippen molar-refractivity contribution in [3.05, 3.63) is 33.9 Å². The molecule has 6 nitrogen and oxygen atoms in total. The van der Waals surface area contributed by atoms with E-state index in [1.54, 1.807) is 0 Å². The number of ether oxygens (including phenoxy) is 2. The van der Waals surface area contributed by atoms with Crippen molar-refractivity contribution in [3.8, 4) is 11.5 Å². The van der Waals surface area contributed by atoms with E-state index in [2.05, 4.69) is 0 Å². The van der Waals surface area contributed by atoms with Crippen molar-refractivity contribution in [2.45, 2.75) is 39.7 Å². The van der Waals surface area contributed by atoms with Gasteiger partial charge < -0.3 is 19.7 Å². The first-order valence-corrected chi connectivity index (χ1v) is 7.32. The van der Waals surface area contributed by atoms with E-state index in [1.807, 2.05) is 19.9 Å². The van der Waals surface area contributed by atoms with Crippen molar-refractivity contribution in [1.29, 1.82) is 0 Å². The van der Waals surface area contributed by atoms with Gasteiger partial charge in [0, 0.05) is 17.5 Å². The quantitative estimate of drug-likeness (QED) is 0.420. The summed E-state index contributed by atoms with van der Waals surface area (Å²) in [5.41, 5.74) is 3.04. The molecule has 1 aromatic rings. The van der Waals surface area contributed by atoms with Crippen LogP contribution in [0.1, 0.15) is 46.8 Å². The number of carboxylic acids is 1. The minimum absolute atomic E-state index is 0. The zero-order valence-corrected chi connectivity index (χ0v) is 16.4. The molecule has 0 atom stereocenters. The van der Waals surface area contributed by atoms with Gasteiger partial charge in [-0.1, -0.05) is 11.6 Å². The third-order valence-electron chi connectivity index (χ3n) is 4.04. The Morgan fingerprint density at radius 3 is 2.62 bits per heavy atom. The van der Waals surface area contributed by atoms with Crippen molar-refractivity contribution < 1.29 is 58.8 Å². The molecule has 7 heteroatoms. The monoisotopic (exact) mass is 343 g/mol. The predicted molar refractivity (Wildman–Crippen MR) is 82.8 cm³/mol. The van der Waals surface area contributed by atoms with E-state index in [-0.39, 0.29) is 53.9 Å². The summed E-state index contributed by atoms with van der Waals surface area (Å²) >= 11 is 0. The largest absolute Gasteiger partial charge is 1.00 e. The number of cyclic esters (lactones) is 1. The van der Waals surface area contributed by atoms with Gasteiger partial charge in [0.05, 0.1) is 7.11 Å². The molecule has 0 unspecified atom stereocenters. The number of allylic oxidation sites excluding steroid dienone is 2. The third kappa shape index (κ3) is 4.12. The number of esters is 1. The molecule has 0 spiro atoms. The Bertz CT molecular complexity index is 693. The molecule has 0 saturated heterocycles. The van der Waals surface area contributed by atoms with Crippen LogP contribution in [0.15, 0.2) is 11.6 Å². The average Bonchev–Trinajstić information content (AvgIpc) is 2.89. The first kappa shape index (κ1) is 20.5. The van der Waals surface area contributed by atoms with Crippen molar-refractivity contribution in [2.24, 2.45) is 0 Å². The molecule has 0 saturated carbocycles. The van der Waals surface area contributed by atoms with Gasteiger partial charge in [0.25, 0.3) is 0 Å². The molecule has 124 valence electrons. The summed E-state index contributed by atoms with van der Waals surface area (Å²) in [5.74, 6) is -0.973. The molecule has 0 aromatic heterocycles. The van der Waals surface area contributed by atoms with Crippen molar-refractivity contribution in [2.75, 3.05) is 7.11 Å². The number of phenolic OH excluding ortho intramolecular Hbond substituents is 1. The van der Waals surface area contributed by atoms with Crippen LogP contribution in [0.2, 0.25) is 0 Å². The number of carbonyl (C=O) groups is 2. The van der Waals surface area contributed by atoms with Crippen LogP contribution in [-0.2, 0) is 22.6 Å². The molecule has 0 amide bonds. The number of hydrogen-bond acceptors (Lipinski definition) is 5. The van der Waals surface area contributed by atoms with E-state index >= 15 is 0 Å². The number of methoxy groups -OCH3 is 1. The maximum absolute atomic E-state index is 11.8. The summed E-state index contributed by atoms with van der Waals surface area (Å²) in [7, 11) is 1.51. The fraction of sp³-hybridized carbons (Fsp3) is 0.412. The molecule has 1 aliphatic heterocycles. The van der Waals surface area contributed by atoms with Gasteiger partial charge in [-0.15, -0.1) is 0 Å². The number of rotatable bonds is 6. The molecular formula is C17H20NaO6+. The van der Waals surface area contributed by atoms with Gasteiger partial charge in [-0.05, 0) is 32.3 Å². The van der Waals surface area contributed by atoms with E-state index in [9.17, 15) is 14.7 Å². The van der Waals surface area contributed by atoms with Crippen molar-refractivity contribution in [1.82, 2.24) is 0 Å². The maximum Gasteiger partial charge on any atom is 1.00 e. The molecule has 0 aliphatic carbocycles. The predicted octanol–water partition coefficient (Wildman–Crippen LogP) is -0.263. The maximum atomic E-state index is 11.8.